The van der Waals surface area contributed by atoms with Crippen LogP contribution in [0.15, 0.2) is 12.1 Å². The molecular weight excluding hydrogens is 230 g/mol. The molecule has 2 rings (SSSR count). The molecule has 0 radical (unpaired) electrons. The lowest BCUT2D eigenvalue weighted by Crippen LogP contribution is -2.39. The molecule has 2 unspecified atom stereocenters. The molecule has 1 saturated heterocycles. The summed E-state index contributed by atoms with van der Waals surface area (Å²) in [6, 6.07) is 3.65. The molecule has 1 aromatic heterocycles. The summed E-state index contributed by atoms with van der Waals surface area (Å²) >= 11 is 0. The molecular formula is C12H19N5O. The maximum absolute atomic E-state index is 10.9. The van der Waals surface area contributed by atoms with Gasteiger partial charge in [-0.1, -0.05) is 0 Å². The third kappa shape index (κ3) is 3.16. The standard InChI is InChI=1S/C12H19N5O/c1-8(9-3-2-6-14-7-9)15-11-5-4-10(12(13)18)16-17-11/h4-5,8-9,14H,2-3,6-7H2,1H3,(H2,13,18)(H,15,17). The van der Waals surface area contributed by atoms with Gasteiger partial charge in [0.05, 0.1) is 0 Å². The maximum atomic E-state index is 10.9. The number of amides is 1. The summed E-state index contributed by atoms with van der Waals surface area (Å²) in [5, 5.41) is 14.4. The van der Waals surface area contributed by atoms with Crippen LogP contribution in [0.3, 0.4) is 0 Å². The number of rotatable bonds is 4. The Balaban J connectivity index is 1.93. The van der Waals surface area contributed by atoms with Crippen LogP contribution in [-0.2, 0) is 0 Å². The van der Waals surface area contributed by atoms with Gasteiger partial charge in [0.2, 0.25) is 0 Å². The molecule has 0 bridgehead atoms. The van der Waals surface area contributed by atoms with Crippen LogP contribution in [0.2, 0.25) is 0 Å². The van der Waals surface area contributed by atoms with Gasteiger partial charge in [0.25, 0.3) is 5.91 Å². The van der Waals surface area contributed by atoms with Crippen LogP contribution in [0, 0.1) is 5.92 Å². The van der Waals surface area contributed by atoms with E-state index in [-0.39, 0.29) is 5.69 Å². The summed E-state index contributed by atoms with van der Waals surface area (Å²) in [7, 11) is 0. The first-order valence-corrected chi connectivity index (χ1v) is 6.27. The van der Waals surface area contributed by atoms with E-state index in [1.807, 2.05) is 0 Å². The molecule has 1 aromatic rings. The molecule has 4 N–H and O–H groups in total. The van der Waals surface area contributed by atoms with Crippen molar-refractivity contribution in [3.8, 4) is 0 Å². The summed E-state index contributed by atoms with van der Waals surface area (Å²) in [6.45, 7) is 4.28. The number of primary amides is 1. The number of anilines is 1. The summed E-state index contributed by atoms with van der Waals surface area (Å²) < 4.78 is 0. The third-order valence-electron chi connectivity index (χ3n) is 3.33. The van der Waals surface area contributed by atoms with Gasteiger partial charge >= 0.3 is 0 Å². The third-order valence-corrected chi connectivity index (χ3v) is 3.33. The molecule has 6 nitrogen and oxygen atoms in total. The Morgan fingerprint density at radius 1 is 1.56 bits per heavy atom. The molecule has 6 heteroatoms. The number of carbonyl (C=O) groups is 1. The van der Waals surface area contributed by atoms with E-state index in [9.17, 15) is 4.79 Å². The van der Waals surface area contributed by atoms with Crippen molar-refractivity contribution < 1.29 is 4.79 Å². The molecule has 1 aliphatic rings. The zero-order chi connectivity index (χ0) is 13.0. The number of carbonyl (C=O) groups excluding carboxylic acids is 1. The first kappa shape index (κ1) is 12.8. The van der Waals surface area contributed by atoms with E-state index >= 15 is 0 Å². The smallest absolute Gasteiger partial charge is 0.269 e. The molecule has 1 aliphatic heterocycles. The quantitative estimate of drug-likeness (QED) is 0.717. The summed E-state index contributed by atoms with van der Waals surface area (Å²) in [4.78, 5) is 10.9. The van der Waals surface area contributed by atoms with E-state index < -0.39 is 5.91 Å². The van der Waals surface area contributed by atoms with E-state index in [0.717, 1.165) is 13.1 Å². The van der Waals surface area contributed by atoms with Gasteiger partial charge in [0.15, 0.2) is 5.69 Å². The van der Waals surface area contributed by atoms with Crippen LogP contribution < -0.4 is 16.4 Å². The largest absolute Gasteiger partial charge is 0.366 e. The van der Waals surface area contributed by atoms with E-state index in [1.54, 1.807) is 12.1 Å². The van der Waals surface area contributed by atoms with Crippen molar-refractivity contribution in [2.24, 2.45) is 11.7 Å². The fourth-order valence-corrected chi connectivity index (χ4v) is 2.20. The average molecular weight is 249 g/mol. The van der Waals surface area contributed by atoms with Crippen molar-refractivity contribution in [1.82, 2.24) is 15.5 Å². The Bertz CT molecular complexity index is 399. The molecule has 1 fully saturated rings. The number of nitrogens with one attached hydrogen (secondary N) is 2. The van der Waals surface area contributed by atoms with Crippen LogP contribution >= 0.6 is 0 Å². The Morgan fingerprint density at radius 2 is 2.39 bits per heavy atom. The van der Waals surface area contributed by atoms with Gasteiger partial charge in [-0.05, 0) is 50.9 Å². The monoisotopic (exact) mass is 249 g/mol. The SMILES string of the molecule is CC(Nc1ccc(C(N)=O)nn1)C1CCCNC1. The molecule has 0 spiro atoms. The van der Waals surface area contributed by atoms with Crippen LogP contribution in [0.1, 0.15) is 30.3 Å². The minimum atomic E-state index is -0.557. The molecule has 2 heterocycles. The highest BCUT2D eigenvalue weighted by Gasteiger charge is 2.20. The highest BCUT2D eigenvalue weighted by Crippen LogP contribution is 2.17. The molecule has 2 atom stereocenters. The number of nitrogens with zero attached hydrogens (tertiary/aromatic N) is 2. The van der Waals surface area contributed by atoms with Crippen LogP contribution in [0.5, 0.6) is 0 Å². The molecule has 98 valence electrons. The van der Waals surface area contributed by atoms with Crippen molar-refractivity contribution >= 4 is 11.7 Å². The van der Waals surface area contributed by atoms with Crippen molar-refractivity contribution in [1.29, 1.82) is 0 Å². The predicted molar refractivity (Wildman–Crippen MR) is 69.2 cm³/mol. The lowest BCUT2D eigenvalue weighted by molar-refractivity contribution is 0.0994. The van der Waals surface area contributed by atoms with Crippen LogP contribution in [0.4, 0.5) is 5.82 Å². The summed E-state index contributed by atoms with van der Waals surface area (Å²) in [5.74, 6) is 0.716. The highest BCUT2D eigenvalue weighted by molar-refractivity contribution is 5.90. The highest BCUT2D eigenvalue weighted by atomic mass is 16.1. The second kappa shape index (κ2) is 5.77. The van der Waals surface area contributed by atoms with E-state index in [2.05, 4.69) is 27.8 Å². The number of hydrogen-bond acceptors (Lipinski definition) is 5. The Morgan fingerprint density at radius 3 is 2.94 bits per heavy atom. The summed E-state index contributed by atoms with van der Waals surface area (Å²) in [5.41, 5.74) is 5.30. The van der Waals surface area contributed by atoms with Crippen molar-refractivity contribution in [3.05, 3.63) is 17.8 Å². The van der Waals surface area contributed by atoms with E-state index in [1.165, 1.54) is 12.8 Å². The second-order valence-corrected chi connectivity index (χ2v) is 4.71. The second-order valence-electron chi connectivity index (χ2n) is 4.71. The minimum absolute atomic E-state index is 0.188. The number of hydrogen-bond donors (Lipinski definition) is 3. The van der Waals surface area contributed by atoms with Gasteiger partial charge in [0, 0.05) is 6.04 Å². The minimum Gasteiger partial charge on any atom is -0.366 e. The number of nitrogens with two attached hydrogens (primary N) is 1. The van der Waals surface area contributed by atoms with Crippen LogP contribution in [0.25, 0.3) is 0 Å². The zero-order valence-electron chi connectivity index (χ0n) is 10.5. The first-order valence-electron chi connectivity index (χ1n) is 6.27. The van der Waals surface area contributed by atoms with Crippen LogP contribution in [-0.4, -0.2) is 35.2 Å². The van der Waals surface area contributed by atoms with E-state index in [4.69, 9.17) is 5.73 Å². The van der Waals surface area contributed by atoms with Crippen molar-refractivity contribution in [2.75, 3.05) is 18.4 Å². The zero-order valence-corrected chi connectivity index (χ0v) is 10.5. The van der Waals surface area contributed by atoms with Gasteiger partial charge < -0.3 is 16.4 Å². The Kier molecular flexibility index (Phi) is 4.09. The molecule has 0 aliphatic carbocycles. The lowest BCUT2D eigenvalue weighted by atomic mass is 9.93. The normalized spacial score (nSPS) is 21.3. The lowest BCUT2D eigenvalue weighted by Gasteiger charge is -2.29. The molecule has 1 amide bonds. The van der Waals surface area contributed by atoms with Crippen molar-refractivity contribution in [3.63, 3.8) is 0 Å². The summed E-state index contributed by atoms with van der Waals surface area (Å²) in [6.07, 6.45) is 2.43. The van der Waals surface area contributed by atoms with Gasteiger partial charge in [-0.2, -0.15) is 0 Å². The average Bonchev–Trinajstić information content (AvgIpc) is 2.40. The fraction of sp³-hybridized carbons (Fsp3) is 0.583. The maximum Gasteiger partial charge on any atom is 0.269 e. The number of piperidine rings is 1. The van der Waals surface area contributed by atoms with Gasteiger partial charge in [0.1, 0.15) is 5.82 Å². The molecule has 0 saturated carbocycles. The molecule has 18 heavy (non-hydrogen) atoms. The Hall–Kier alpha value is -1.69. The van der Waals surface area contributed by atoms with Crippen molar-refractivity contribution in [2.45, 2.75) is 25.8 Å². The van der Waals surface area contributed by atoms with Gasteiger partial charge in [-0.15, -0.1) is 10.2 Å². The Labute approximate surface area is 106 Å². The number of aromatic nitrogens is 2. The first-order chi connectivity index (χ1) is 8.66. The molecule has 0 aromatic carbocycles. The fourth-order valence-electron chi connectivity index (χ4n) is 2.20. The topological polar surface area (TPSA) is 92.9 Å². The van der Waals surface area contributed by atoms with Gasteiger partial charge in [-0.3, -0.25) is 4.79 Å². The predicted octanol–water partition coefficient (Wildman–Crippen LogP) is 0.375. The van der Waals surface area contributed by atoms with E-state index in [0.29, 0.717) is 17.8 Å². The van der Waals surface area contributed by atoms with Gasteiger partial charge in [-0.25, -0.2) is 0 Å².